The van der Waals surface area contributed by atoms with Crippen molar-refractivity contribution in [1.82, 2.24) is 5.32 Å². The molecule has 0 aliphatic heterocycles. The van der Waals surface area contributed by atoms with Crippen LogP contribution in [0.2, 0.25) is 10.0 Å². The van der Waals surface area contributed by atoms with E-state index in [1.54, 1.807) is 42.5 Å². The zero-order valence-electron chi connectivity index (χ0n) is 20.7. The molecule has 0 heterocycles. The molecule has 0 fully saturated rings. The summed E-state index contributed by atoms with van der Waals surface area (Å²) < 4.78 is 31.8. The minimum atomic E-state index is -3.66. The van der Waals surface area contributed by atoms with E-state index in [0.717, 1.165) is 16.3 Å². The van der Waals surface area contributed by atoms with Crippen LogP contribution in [0.15, 0.2) is 66.7 Å². The Labute approximate surface area is 223 Å². The van der Waals surface area contributed by atoms with Crippen molar-refractivity contribution in [3.05, 3.63) is 93.5 Å². The highest BCUT2D eigenvalue weighted by molar-refractivity contribution is 7.92. The first-order chi connectivity index (χ1) is 16.9. The lowest BCUT2D eigenvalue weighted by molar-refractivity contribution is 0.0947. The van der Waals surface area contributed by atoms with Crippen molar-refractivity contribution in [2.75, 3.05) is 23.7 Å². The van der Waals surface area contributed by atoms with Gasteiger partial charge in [0.2, 0.25) is 10.0 Å². The third-order valence-corrected chi connectivity index (χ3v) is 7.23. The van der Waals surface area contributed by atoms with E-state index in [-0.39, 0.29) is 33.6 Å². The molecule has 3 rings (SSSR count). The van der Waals surface area contributed by atoms with E-state index >= 15 is 0 Å². The molecule has 6 nitrogen and oxygen atoms in total. The van der Waals surface area contributed by atoms with Crippen LogP contribution in [0.5, 0.6) is 5.75 Å². The molecular formula is C27H30Cl2N2O4S. The maximum atomic E-state index is 12.5. The Bertz CT molecular complexity index is 1280. The third kappa shape index (κ3) is 7.38. The number of anilines is 1. The Kier molecular flexibility index (Phi) is 8.93. The van der Waals surface area contributed by atoms with Crippen LogP contribution in [0, 0.1) is 0 Å². The molecule has 1 N–H and O–H groups in total. The van der Waals surface area contributed by atoms with Gasteiger partial charge in [0.25, 0.3) is 5.91 Å². The molecule has 0 unspecified atom stereocenters. The first kappa shape index (κ1) is 27.8. The fourth-order valence-corrected chi connectivity index (χ4v) is 5.12. The molecule has 0 atom stereocenters. The Morgan fingerprint density at radius 2 is 1.53 bits per heavy atom. The number of nitrogens with zero attached hydrogens (tertiary/aromatic N) is 1. The van der Waals surface area contributed by atoms with Gasteiger partial charge in [-0.15, -0.1) is 0 Å². The topological polar surface area (TPSA) is 75.7 Å². The molecule has 192 valence electrons. The van der Waals surface area contributed by atoms with Crippen LogP contribution in [0.3, 0.4) is 0 Å². The molecule has 3 aromatic rings. The molecule has 9 heteroatoms. The Balaban J connectivity index is 1.57. The van der Waals surface area contributed by atoms with Gasteiger partial charge in [-0.25, -0.2) is 8.42 Å². The molecule has 1 amide bonds. The average Bonchev–Trinajstić information content (AvgIpc) is 2.80. The molecule has 0 aromatic heterocycles. The van der Waals surface area contributed by atoms with E-state index in [1.807, 2.05) is 24.3 Å². The summed E-state index contributed by atoms with van der Waals surface area (Å²) in [5, 5.41) is 3.29. The SMILES string of the molecule is CC(C)(C)c1ccc(OCCNC(=O)c2ccc(CN(c3c(Cl)cccc3Cl)S(C)(=O)=O)cc2)cc1. The van der Waals surface area contributed by atoms with Crippen molar-refractivity contribution < 1.29 is 17.9 Å². The summed E-state index contributed by atoms with van der Waals surface area (Å²) in [4.78, 5) is 12.5. The highest BCUT2D eigenvalue weighted by Gasteiger charge is 2.23. The Morgan fingerprint density at radius 1 is 0.944 bits per heavy atom. The van der Waals surface area contributed by atoms with E-state index < -0.39 is 10.0 Å². The van der Waals surface area contributed by atoms with Gasteiger partial charge in [-0.1, -0.05) is 74.3 Å². The molecule has 3 aromatic carbocycles. The number of carbonyl (C=O) groups is 1. The first-order valence-electron chi connectivity index (χ1n) is 11.4. The van der Waals surface area contributed by atoms with Crippen molar-refractivity contribution in [2.24, 2.45) is 0 Å². The Hall–Kier alpha value is -2.74. The highest BCUT2D eigenvalue weighted by Crippen LogP contribution is 2.36. The van der Waals surface area contributed by atoms with Gasteiger partial charge in [0.15, 0.2) is 0 Å². The number of ether oxygens (including phenoxy) is 1. The van der Waals surface area contributed by atoms with Crippen molar-refractivity contribution in [3.8, 4) is 5.75 Å². The zero-order chi connectivity index (χ0) is 26.5. The number of nitrogens with one attached hydrogen (secondary N) is 1. The van der Waals surface area contributed by atoms with E-state index in [1.165, 1.54) is 5.56 Å². The summed E-state index contributed by atoms with van der Waals surface area (Å²) in [6.07, 6.45) is 1.09. The minimum Gasteiger partial charge on any atom is -0.492 e. The molecule has 0 aliphatic rings. The van der Waals surface area contributed by atoms with E-state index in [9.17, 15) is 13.2 Å². The fraction of sp³-hybridized carbons (Fsp3) is 0.296. The number of amides is 1. The molecule has 0 radical (unpaired) electrons. The quantitative estimate of drug-likeness (QED) is 0.329. The van der Waals surface area contributed by atoms with E-state index in [0.29, 0.717) is 24.3 Å². The van der Waals surface area contributed by atoms with E-state index in [4.69, 9.17) is 27.9 Å². The number of hydrogen-bond donors (Lipinski definition) is 1. The summed E-state index contributed by atoms with van der Waals surface area (Å²) in [6.45, 7) is 7.16. The number of rotatable bonds is 9. The number of benzene rings is 3. The molecular weight excluding hydrogens is 519 g/mol. The second-order valence-corrected chi connectivity index (χ2v) is 12.1. The van der Waals surface area contributed by atoms with Gasteiger partial charge in [0.1, 0.15) is 12.4 Å². The standard InChI is InChI=1S/C27H30Cl2N2O4S/c1-27(2,3)21-12-14-22(15-13-21)35-17-16-30-26(32)20-10-8-19(9-11-20)18-31(36(4,33)34)25-23(28)6-5-7-24(25)29/h5-15H,16-18H2,1-4H3,(H,30,32). The number of sulfonamides is 1. The van der Waals surface area contributed by atoms with Crippen molar-refractivity contribution in [2.45, 2.75) is 32.7 Å². The molecule has 0 bridgehead atoms. The second-order valence-electron chi connectivity index (χ2n) is 9.42. The number of halogens is 2. The van der Waals surface area contributed by atoms with Crippen LogP contribution in [-0.2, 0) is 22.0 Å². The smallest absolute Gasteiger partial charge is 0.251 e. The summed E-state index contributed by atoms with van der Waals surface area (Å²) in [5.41, 5.74) is 2.65. The van der Waals surface area contributed by atoms with Gasteiger partial charge in [0, 0.05) is 5.56 Å². The largest absolute Gasteiger partial charge is 0.492 e. The molecule has 0 saturated heterocycles. The summed E-state index contributed by atoms with van der Waals surface area (Å²) >= 11 is 12.5. The molecule has 0 aliphatic carbocycles. The normalized spacial score (nSPS) is 11.7. The predicted octanol–water partition coefficient (Wildman–Crippen LogP) is 6.07. The van der Waals surface area contributed by atoms with Gasteiger partial charge >= 0.3 is 0 Å². The van der Waals surface area contributed by atoms with Crippen LogP contribution in [0.25, 0.3) is 0 Å². The van der Waals surface area contributed by atoms with Gasteiger partial charge in [0.05, 0.1) is 35.1 Å². The maximum absolute atomic E-state index is 12.5. The van der Waals surface area contributed by atoms with Crippen LogP contribution in [-0.4, -0.2) is 33.7 Å². The molecule has 0 spiro atoms. The number of para-hydroxylation sites is 1. The number of carbonyl (C=O) groups excluding carboxylic acids is 1. The van der Waals surface area contributed by atoms with E-state index in [2.05, 4.69) is 26.1 Å². The van der Waals surface area contributed by atoms with Gasteiger partial charge < -0.3 is 10.1 Å². The average molecular weight is 550 g/mol. The number of hydrogen-bond acceptors (Lipinski definition) is 4. The van der Waals surface area contributed by atoms with Crippen LogP contribution in [0.1, 0.15) is 42.3 Å². The summed E-state index contributed by atoms with van der Waals surface area (Å²) in [5.74, 6) is 0.498. The zero-order valence-corrected chi connectivity index (χ0v) is 23.0. The van der Waals surface area contributed by atoms with Crippen LogP contribution >= 0.6 is 23.2 Å². The minimum absolute atomic E-state index is 0.0199. The molecule has 0 saturated carbocycles. The van der Waals surface area contributed by atoms with Crippen molar-refractivity contribution in [3.63, 3.8) is 0 Å². The van der Waals surface area contributed by atoms with Crippen molar-refractivity contribution in [1.29, 1.82) is 0 Å². The summed E-state index contributed by atoms with van der Waals surface area (Å²) in [6, 6.07) is 19.4. The second kappa shape index (κ2) is 11.5. The lowest BCUT2D eigenvalue weighted by Gasteiger charge is -2.24. The van der Waals surface area contributed by atoms with Crippen LogP contribution in [0.4, 0.5) is 5.69 Å². The lowest BCUT2D eigenvalue weighted by atomic mass is 9.87. The lowest BCUT2D eigenvalue weighted by Crippen LogP contribution is -2.30. The third-order valence-electron chi connectivity index (χ3n) is 5.51. The fourth-order valence-electron chi connectivity index (χ4n) is 3.50. The highest BCUT2D eigenvalue weighted by atomic mass is 35.5. The van der Waals surface area contributed by atoms with Crippen molar-refractivity contribution >= 4 is 44.8 Å². The van der Waals surface area contributed by atoms with Crippen LogP contribution < -0.4 is 14.4 Å². The molecule has 36 heavy (non-hydrogen) atoms. The van der Waals surface area contributed by atoms with Gasteiger partial charge in [-0.05, 0) is 52.9 Å². The summed E-state index contributed by atoms with van der Waals surface area (Å²) in [7, 11) is -3.66. The Morgan fingerprint density at radius 3 is 2.06 bits per heavy atom. The maximum Gasteiger partial charge on any atom is 0.251 e. The first-order valence-corrected chi connectivity index (χ1v) is 14.0. The monoisotopic (exact) mass is 548 g/mol. The predicted molar refractivity (Wildman–Crippen MR) is 147 cm³/mol. The van der Waals surface area contributed by atoms with Gasteiger partial charge in [-0.2, -0.15) is 0 Å². The van der Waals surface area contributed by atoms with Gasteiger partial charge in [-0.3, -0.25) is 9.10 Å².